The highest BCUT2D eigenvalue weighted by Crippen LogP contribution is 1.96. The highest BCUT2D eigenvalue weighted by molar-refractivity contribution is 5.82. The molecule has 0 unspecified atom stereocenters. The van der Waals surface area contributed by atoms with Crippen LogP contribution in [0, 0.1) is 9.81 Å². The summed E-state index contributed by atoms with van der Waals surface area (Å²) in [6, 6.07) is -2.10. The van der Waals surface area contributed by atoms with E-state index < -0.39 is 18.0 Å². The van der Waals surface area contributed by atoms with Crippen LogP contribution < -0.4 is 5.73 Å². The topological polar surface area (TPSA) is 102 Å². The van der Waals surface area contributed by atoms with Crippen molar-refractivity contribution in [2.75, 3.05) is 0 Å². The molecule has 0 saturated heterocycles. The van der Waals surface area contributed by atoms with Gasteiger partial charge in [-0.25, -0.2) is 0 Å². The second kappa shape index (κ2) is 3.78. The Morgan fingerprint density at radius 2 is 2.00 bits per heavy atom. The number of carbonyl (C=O) groups excluding carboxylic acids is 1. The van der Waals surface area contributed by atoms with Crippen LogP contribution in [0.25, 0.3) is 0 Å². The van der Waals surface area contributed by atoms with Crippen LogP contribution in [0.4, 0.5) is 0 Å². The third kappa shape index (κ3) is 1.98. The Kier molecular flexibility index (Phi) is 3.34. The number of nitrogens with two attached hydrogens (primary N) is 1. The summed E-state index contributed by atoms with van der Waals surface area (Å²) in [6.07, 6.45) is 0. The van der Waals surface area contributed by atoms with Crippen molar-refractivity contribution >= 4 is 5.91 Å². The molecule has 0 aliphatic carbocycles. The lowest BCUT2D eigenvalue weighted by Gasteiger charge is -2.05. The first kappa shape index (κ1) is 8.83. The maximum Gasteiger partial charge on any atom is 0.305 e. The number of hydrogen-bond donors (Lipinski definition) is 1. The molecular formula is C4H7N3O3. The van der Waals surface area contributed by atoms with Gasteiger partial charge in [0.15, 0.2) is 0 Å². The van der Waals surface area contributed by atoms with Gasteiger partial charge in [-0.3, -0.25) is 4.79 Å². The third-order valence-electron chi connectivity index (χ3n) is 1.06. The Hall–Kier alpha value is -1.17. The molecule has 0 heterocycles. The summed E-state index contributed by atoms with van der Waals surface area (Å²) in [7, 11) is 0. The molecule has 0 aromatic rings. The lowest BCUT2D eigenvalue weighted by molar-refractivity contribution is -0.119. The molecule has 0 aliphatic heterocycles. The van der Waals surface area contributed by atoms with Gasteiger partial charge in [0.05, 0.1) is 0 Å². The average Bonchev–Trinajstić information content (AvgIpc) is 2.00. The molecule has 2 N–H and O–H groups in total. The van der Waals surface area contributed by atoms with E-state index in [0.717, 1.165) is 0 Å². The minimum Gasteiger partial charge on any atom is -0.318 e. The molecule has 0 aromatic carbocycles. The van der Waals surface area contributed by atoms with Crippen LogP contribution in [0.15, 0.2) is 10.4 Å². The summed E-state index contributed by atoms with van der Waals surface area (Å²) in [4.78, 5) is 29.6. The van der Waals surface area contributed by atoms with E-state index in [0.29, 0.717) is 0 Å². The SMILES string of the molecule is C[C@@H](N=O)[C@H](N)C(=O)N=O. The van der Waals surface area contributed by atoms with Gasteiger partial charge in [-0.15, -0.1) is 4.91 Å². The number of nitroso groups, excluding NO2 is 2. The van der Waals surface area contributed by atoms with Crippen molar-refractivity contribution in [1.82, 2.24) is 0 Å². The zero-order valence-corrected chi connectivity index (χ0v) is 5.35. The quantitative estimate of drug-likeness (QED) is 0.553. The number of amides is 1. The van der Waals surface area contributed by atoms with Crippen molar-refractivity contribution in [2.24, 2.45) is 16.1 Å². The van der Waals surface area contributed by atoms with Gasteiger partial charge in [-0.1, -0.05) is 5.18 Å². The minimum atomic E-state index is -1.20. The smallest absolute Gasteiger partial charge is 0.305 e. The fourth-order valence-electron chi connectivity index (χ4n) is 0.333. The molecule has 0 saturated carbocycles. The van der Waals surface area contributed by atoms with E-state index in [2.05, 4.69) is 5.18 Å². The summed E-state index contributed by atoms with van der Waals surface area (Å²) in [5.41, 5.74) is 5.04. The monoisotopic (exact) mass is 145 g/mol. The van der Waals surface area contributed by atoms with Crippen LogP contribution in [0.5, 0.6) is 0 Å². The summed E-state index contributed by atoms with van der Waals surface area (Å²) in [5.74, 6) is -1.05. The molecule has 0 aromatic heterocycles. The van der Waals surface area contributed by atoms with Gasteiger partial charge in [0.2, 0.25) is 0 Å². The fourth-order valence-corrected chi connectivity index (χ4v) is 0.333. The standard InChI is InChI=1S/C4H7N3O3/c1-2(6-9)3(5)4(8)7-10/h2-3H,5H2,1H3/t2-,3+/m1/s1. The Labute approximate surface area is 56.7 Å². The lowest BCUT2D eigenvalue weighted by atomic mass is 10.1. The van der Waals surface area contributed by atoms with Crippen LogP contribution in [0.2, 0.25) is 0 Å². The van der Waals surface area contributed by atoms with Gasteiger partial charge in [-0.05, 0) is 6.92 Å². The predicted molar refractivity (Wildman–Crippen MR) is 34.0 cm³/mol. The van der Waals surface area contributed by atoms with Crippen LogP contribution in [-0.2, 0) is 4.79 Å². The number of carbonyl (C=O) groups is 1. The van der Waals surface area contributed by atoms with Crippen molar-refractivity contribution in [3.05, 3.63) is 9.81 Å². The van der Waals surface area contributed by atoms with Crippen molar-refractivity contribution in [3.63, 3.8) is 0 Å². The maximum absolute atomic E-state index is 10.3. The van der Waals surface area contributed by atoms with E-state index in [1.54, 1.807) is 0 Å². The summed E-state index contributed by atoms with van der Waals surface area (Å²) < 4.78 is 0. The molecule has 0 bridgehead atoms. The fraction of sp³-hybridized carbons (Fsp3) is 0.750. The van der Waals surface area contributed by atoms with Crippen LogP contribution in [0.1, 0.15) is 6.92 Å². The van der Waals surface area contributed by atoms with Crippen LogP contribution >= 0.6 is 0 Å². The third-order valence-corrected chi connectivity index (χ3v) is 1.06. The van der Waals surface area contributed by atoms with E-state index in [1.807, 2.05) is 5.18 Å². The van der Waals surface area contributed by atoms with Gasteiger partial charge in [0.25, 0.3) is 0 Å². The van der Waals surface area contributed by atoms with E-state index in [4.69, 9.17) is 5.73 Å². The first-order valence-corrected chi connectivity index (χ1v) is 2.58. The largest absolute Gasteiger partial charge is 0.318 e. The molecule has 6 heteroatoms. The molecule has 0 spiro atoms. The molecule has 6 nitrogen and oxygen atoms in total. The van der Waals surface area contributed by atoms with Gasteiger partial charge in [-0.2, -0.15) is 4.91 Å². The second-order valence-corrected chi connectivity index (χ2v) is 1.80. The Morgan fingerprint density at radius 3 is 2.30 bits per heavy atom. The molecule has 0 radical (unpaired) electrons. The van der Waals surface area contributed by atoms with E-state index in [9.17, 15) is 14.6 Å². The van der Waals surface area contributed by atoms with E-state index in [-0.39, 0.29) is 0 Å². The normalized spacial score (nSPS) is 15.4. The van der Waals surface area contributed by atoms with Gasteiger partial charge < -0.3 is 5.73 Å². The summed E-state index contributed by atoms with van der Waals surface area (Å²) in [6.45, 7) is 1.33. The zero-order valence-electron chi connectivity index (χ0n) is 5.35. The summed E-state index contributed by atoms with van der Waals surface area (Å²) in [5, 5.41) is 4.51. The molecule has 0 rings (SSSR count). The zero-order chi connectivity index (χ0) is 8.15. The minimum absolute atomic E-state index is 0.898. The molecule has 1 amide bonds. The Balaban J connectivity index is 4.05. The predicted octanol–water partition coefficient (Wildman–Crippen LogP) is -0.238. The molecule has 0 aliphatic rings. The maximum atomic E-state index is 10.3. The first-order chi connectivity index (χ1) is 4.63. The number of nitrogens with zero attached hydrogens (tertiary/aromatic N) is 2. The lowest BCUT2D eigenvalue weighted by Crippen LogP contribution is -2.37. The molecule has 10 heavy (non-hydrogen) atoms. The molecule has 0 fully saturated rings. The Morgan fingerprint density at radius 1 is 1.50 bits per heavy atom. The highest BCUT2D eigenvalue weighted by atomic mass is 16.3. The second-order valence-electron chi connectivity index (χ2n) is 1.80. The van der Waals surface area contributed by atoms with Crippen molar-refractivity contribution < 1.29 is 4.79 Å². The van der Waals surface area contributed by atoms with Gasteiger partial charge in [0, 0.05) is 5.18 Å². The molecule has 2 atom stereocenters. The Bertz CT molecular complexity index is 158. The first-order valence-electron chi connectivity index (χ1n) is 2.58. The molecule has 56 valence electrons. The number of hydrogen-bond acceptors (Lipinski definition) is 5. The van der Waals surface area contributed by atoms with Crippen molar-refractivity contribution in [3.8, 4) is 0 Å². The van der Waals surface area contributed by atoms with E-state index in [1.165, 1.54) is 6.92 Å². The van der Waals surface area contributed by atoms with Gasteiger partial charge in [0.1, 0.15) is 12.1 Å². The molecular weight excluding hydrogens is 138 g/mol. The van der Waals surface area contributed by atoms with E-state index >= 15 is 0 Å². The summed E-state index contributed by atoms with van der Waals surface area (Å²) >= 11 is 0. The highest BCUT2D eigenvalue weighted by Gasteiger charge is 2.21. The average molecular weight is 145 g/mol. The van der Waals surface area contributed by atoms with Crippen LogP contribution in [0.3, 0.4) is 0 Å². The van der Waals surface area contributed by atoms with Crippen molar-refractivity contribution in [2.45, 2.75) is 19.0 Å². The number of rotatable bonds is 3. The van der Waals surface area contributed by atoms with Gasteiger partial charge >= 0.3 is 5.91 Å². The van der Waals surface area contributed by atoms with Crippen molar-refractivity contribution in [1.29, 1.82) is 0 Å². The van der Waals surface area contributed by atoms with Crippen LogP contribution in [-0.4, -0.2) is 18.0 Å².